The van der Waals surface area contributed by atoms with Crippen LogP contribution in [0.1, 0.15) is 6.42 Å². The van der Waals surface area contributed by atoms with Crippen molar-refractivity contribution >= 4 is 37.5 Å². The summed E-state index contributed by atoms with van der Waals surface area (Å²) >= 11 is 4.79. The van der Waals surface area contributed by atoms with E-state index < -0.39 is 0 Å². The standard InChI is InChI=1S/C9H9BrN2OS/c10-3-1-4-12-6-11-7-2-5-14-8(7)9(12)13/h2,5-6H,1,3-4H2. The Kier molecular flexibility index (Phi) is 2.98. The highest BCUT2D eigenvalue weighted by Gasteiger charge is 2.03. The predicted octanol–water partition coefficient (Wildman–Crippen LogP) is 2.24. The molecule has 0 aromatic carbocycles. The molecule has 0 amide bonds. The van der Waals surface area contributed by atoms with Gasteiger partial charge < -0.3 is 0 Å². The van der Waals surface area contributed by atoms with Crippen LogP contribution in [0.2, 0.25) is 0 Å². The lowest BCUT2D eigenvalue weighted by molar-refractivity contribution is 0.654. The molecule has 0 N–H and O–H groups in total. The van der Waals surface area contributed by atoms with E-state index in [-0.39, 0.29) is 5.56 Å². The summed E-state index contributed by atoms with van der Waals surface area (Å²) in [7, 11) is 0. The van der Waals surface area contributed by atoms with Gasteiger partial charge in [0.1, 0.15) is 4.70 Å². The lowest BCUT2D eigenvalue weighted by atomic mass is 10.4. The summed E-state index contributed by atoms with van der Waals surface area (Å²) in [6, 6.07) is 1.87. The van der Waals surface area contributed by atoms with Crippen molar-refractivity contribution in [2.75, 3.05) is 5.33 Å². The van der Waals surface area contributed by atoms with Gasteiger partial charge in [-0.05, 0) is 17.9 Å². The van der Waals surface area contributed by atoms with Crippen LogP contribution in [0.3, 0.4) is 0 Å². The molecule has 5 heteroatoms. The van der Waals surface area contributed by atoms with Gasteiger partial charge >= 0.3 is 0 Å². The van der Waals surface area contributed by atoms with Crippen molar-refractivity contribution in [2.45, 2.75) is 13.0 Å². The Morgan fingerprint density at radius 1 is 1.57 bits per heavy atom. The van der Waals surface area contributed by atoms with Crippen LogP contribution in [-0.2, 0) is 6.54 Å². The quantitative estimate of drug-likeness (QED) is 0.804. The van der Waals surface area contributed by atoms with Crippen molar-refractivity contribution in [1.82, 2.24) is 9.55 Å². The maximum Gasteiger partial charge on any atom is 0.271 e. The van der Waals surface area contributed by atoms with E-state index in [4.69, 9.17) is 0 Å². The molecule has 3 nitrogen and oxygen atoms in total. The molecule has 0 saturated carbocycles. The third-order valence-corrected chi connectivity index (χ3v) is 3.42. The molecule has 2 aromatic heterocycles. The second-order valence-electron chi connectivity index (χ2n) is 2.92. The van der Waals surface area contributed by atoms with Crippen molar-refractivity contribution in [3.63, 3.8) is 0 Å². The van der Waals surface area contributed by atoms with E-state index in [9.17, 15) is 4.79 Å². The average molecular weight is 273 g/mol. The molecule has 0 aliphatic rings. The molecule has 2 aromatic rings. The fraction of sp³-hybridized carbons (Fsp3) is 0.333. The van der Waals surface area contributed by atoms with Crippen LogP contribution in [0.25, 0.3) is 10.2 Å². The minimum atomic E-state index is 0.0750. The van der Waals surface area contributed by atoms with Crippen LogP contribution in [-0.4, -0.2) is 14.9 Å². The Bertz CT molecular complexity index is 491. The average Bonchev–Trinajstić information content (AvgIpc) is 2.66. The normalized spacial score (nSPS) is 10.9. The monoisotopic (exact) mass is 272 g/mol. The van der Waals surface area contributed by atoms with Gasteiger partial charge in [-0.2, -0.15) is 0 Å². The Hall–Kier alpha value is -0.680. The summed E-state index contributed by atoms with van der Waals surface area (Å²) in [5.41, 5.74) is 0.876. The molecule has 2 heterocycles. The molecule has 2 rings (SSSR count). The Balaban J connectivity index is 2.46. The fourth-order valence-corrected chi connectivity index (χ4v) is 2.31. The largest absolute Gasteiger partial charge is 0.298 e. The fourth-order valence-electron chi connectivity index (χ4n) is 1.27. The number of halogens is 1. The van der Waals surface area contributed by atoms with Gasteiger partial charge in [0.2, 0.25) is 0 Å². The second kappa shape index (κ2) is 4.23. The zero-order valence-corrected chi connectivity index (χ0v) is 9.84. The van der Waals surface area contributed by atoms with Crippen molar-refractivity contribution < 1.29 is 0 Å². The van der Waals surface area contributed by atoms with Crippen molar-refractivity contribution in [3.8, 4) is 0 Å². The van der Waals surface area contributed by atoms with E-state index in [1.165, 1.54) is 11.3 Å². The van der Waals surface area contributed by atoms with Crippen LogP contribution >= 0.6 is 27.3 Å². The number of fused-ring (bicyclic) bond motifs is 1. The van der Waals surface area contributed by atoms with Gasteiger partial charge in [-0.1, -0.05) is 15.9 Å². The molecule has 0 radical (unpaired) electrons. The van der Waals surface area contributed by atoms with Crippen molar-refractivity contribution in [2.24, 2.45) is 0 Å². The van der Waals surface area contributed by atoms with Gasteiger partial charge in [-0.25, -0.2) is 4.98 Å². The maximum atomic E-state index is 11.8. The number of hydrogen-bond donors (Lipinski definition) is 0. The van der Waals surface area contributed by atoms with Crippen LogP contribution in [0.5, 0.6) is 0 Å². The zero-order chi connectivity index (χ0) is 9.97. The smallest absolute Gasteiger partial charge is 0.271 e. The topological polar surface area (TPSA) is 34.9 Å². The van der Waals surface area contributed by atoms with E-state index in [2.05, 4.69) is 20.9 Å². The molecular formula is C9H9BrN2OS. The van der Waals surface area contributed by atoms with Crippen LogP contribution in [0.15, 0.2) is 22.6 Å². The lowest BCUT2D eigenvalue weighted by Gasteiger charge is -2.02. The van der Waals surface area contributed by atoms with Crippen molar-refractivity contribution in [1.29, 1.82) is 0 Å². The number of alkyl halides is 1. The molecule has 0 spiro atoms. The third kappa shape index (κ3) is 1.74. The van der Waals surface area contributed by atoms with Gasteiger partial charge in [0.05, 0.1) is 11.8 Å². The first-order valence-corrected chi connectivity index (χ1v) is 6.31. The zero-order valence-electron chi connectivity index (χ0n) is 7.44. The van der Waals surface area contributed by atoms with E-state index in [0.29, 0.717) is 0 Å². The molecule has 0 aliphatic carbocycles. The highest BCUT2D eigenvalue weighted by molar-refractivity contribution is 9.09. The molecular weight excluding hydrogens is 264 g/mol. The molecule has 0 atom stereocenters. The summed E-state index contributed by atoms with van der Waals surface area (Å²) in [5.74, 6) is 0. The molecule has 0 fully saturated rings. The first-order chi connectivity index (χ1) is 6.83. The molecule has 74 valence electrons. The highest BCUT2D eigenvalue weighted by atomic mass is 79.9. The number of aryl methyl sites for hydroxylation is 1. The summed E-state index contributed by atoms with van der Waals surface area (Å²) in [4.78, 5) is 16.0. The summed E-state index contributed by atoms with van der Waals surface area (Å²) in [6.45, 7) is 0.727. The van der Waals surface area contributed by atoms with Crippen LogP contribution in [0.4, 0.5) is 0 Å². The number of thiophene rings is 1. The van der Waals surface area contributed by atoms with E-state index in [0.717, 1.165) is 28.5 Å². The van der Waals surface area contributed by atoms with Crippen LogP contribution < -0.4 is 5.56 Å². The molecule has 14 heavy (non-hydrogen) atoms. The summed E-state index contributed by atoms with van der Waals surface area (Å²) in [5, 5.41) is 2.80. The van der Waals surface area contributed by atoms with E-state index >= 15 is 0 Å². The van der Waals surface area contributed by atoms with Gasteiger partial charge in [-0.15, -0.1) is 11.3 Å². The lowest BCUT2D eigenvalue weighted by Crippen LogP contribution is -2.19. The number of rotatable bonds is 3. The molecule has 0 aliphatic heterocycles. The van der Waals surface area contributed by atoms with Crippen molar-refractivity contribution in [3.05, 3.63) is 28.1 Å². The molecule has 0 unspecified atom stereocenters. The minimum Gasteiger partial charge on any atom is -0.298 e. The maximum absolute atomic E-state index is 11.8. The number of nitrogens with zero attached hydrogens (tertiary/aromatic N) is 2. The van der Waals surface area contributed by atoms with Gasteiger partial charge in [0.25, 0.3) is 5.56 Å². The summed E-state index contributed by atoms with van der Waals surface area (Å²) < 4.78 is 2.42. The Labute approximate surface area is 93.5 Å². The van der Waals surface area contributed by atoms with Gasteiger partial charge in [0, 0.05) is 11.9 Å². The van der Waals surface area contributed by atoms with Gasteiger partial charge in [0.15, 0.2) is 0 Å². The van der Waals surface area contributed by atoms with E-state index in [1.807, 2.05) is 11.4 Å². The molecule has 0 saturated heterocycles. The number of hydrogen-bond acceptors (Lipinski definition) is 3. The Morgan fingerprint density at radius 3 is 3.21 bits per heavy atom. The Morgan fingerprint density at radius 2 is 2.43 bits per heavy atom. The second-order valence-corrected chi connectivity index (χ2v) is 4.63. The van der Waals surface area contributed by atoms with Crippen LogP contribution in [0, 0.1) is 0 Å². The highest BCUT2D eigenvalue weighted by Crippen LogP contribution is 2.13. The predicted molar refractivity (Wildman–Crippen MR) is 62.3 cm³/mol. The SMILES string of the molecule is O=c1c2sccc2ncn1CCCBr. The molecule has 0 bridgehead atoms. The first kappa shape index (κ1) is 9.86. The summed E-state index contributed by atoms with van der Waals surface area (Å²) in [6.07, 6.45) is 2.57. The van der Waals surface area contributed by atoms with E-state index in [1.54, 1.807) is 10.9 Å². The van der Waals surface area contributed by atoms with Gasteiger partial charge in [-0.3, -0.25) is 9.36 Å². The third-order valence-electron chi connectivity index (χ3n) is 1.97. The first-order valence-electron chi connectivity index (χ1n) is 4.31. The minimum absolute atomic E-state index is 0.0750. The number of aromatic nitrogens is 2.